The first-order valence-corrected chi connectivity index (χ1v) is 7.07. The summed E-state index contributed by atoms with van der Waals surface area (Å²) in [7, 11) is 0. The number of aryl methyl sites for hydroxylation is 1. The second kappa shape index (κ2) is 6.81. The average molecular weight is 282 g/mol. The van der Waals surface area contributed by atoms with Crippen LogP contribution in [-0.2, 0) is 13.0 Å². The topological polar surface area (TPSA) is 71.4 Å². The number of aromatic nitrogens is 5. The lowest BCUT2D eigenvalue weighted by Crippen LogP contribution is -2.16. The van der Waals surface area contributed by atoms with Gasteiger partial charge in [-0.25, -0.2) is 9.67 Å². The Morgan fingerprint density at radius 3 is 2.86 bits per heavy atom. The molecular weight excluding hydrogens is 264 g/mol. The highest BCUT2D eigenvalue weighted by atomic mass is 15.3. The van der Waals surface area contributed by atoms with Crippen molar-refractivity contribution in [3.05, 3.63) is 60.4 Å². The van der Waals surface area contributed by atoms with E-state index in [9.17, 15) is 0 Å². The van der Waals surface area contributed by atoms with E-state index in [-0.39, 0.29) is 0 Å². The zero-order valence-corrected chi connectivity index (χ0v) is 11.7. The van der Waals surface area contributed by atoms with Crippen molar-refractivity contribution in [3.63, 3.8) is 0 Å². The van der Waals surface area contributed by atoms with E-state index in [1.807, 2.05) is 47.3 Å². The van der Waals surface area contributed by atoms with Crippen LogP contribution in [0.25, 0.3) is 5.69 Å². The molecule has 0 aliphatic rings. The van der Waals surface area contributed by atoms with Crippen molar-refractivity contribution >= 4 is 0 Å². The largest absolute Gasteiger partial charge is 0.311 e. The molecule has 0 spiro atoms. The predicted molar refractivity (Wildman–Crippen MR) is 80.0 cm³/mol. The summed E-state index contributed by atoms with van der Waals surface area (Å²) < 4.78 is 1.89. The lowest BCUT2D eigenvalue weighted by molar-refractivity contribution is 0.627. The Bertz CT molecular complexity index is 644. The van der Waals surface area contributed by atoms with Crippen LogP contribution in [0.2, 0.25) is 0 Å². The number of aromatic amines is 1. The maximum Gasteiger partial charge on any atom is 0.137 e. The van der Waals surface area contributed by atoms with Gasteiger partial charge in [-0.05, 0) is 31.2 Å². The molecule has 0 saturated carbocycles. The van der Waals surface area contributed by atoms with Gasteiger partial charge in [0.15, 0.2) is 0 Å². The molecule has 2 aromatic heterocycles. The molecule has 3 aromatic rings. The van der Waals surface area contributed by atoms with E-state index in [1.54, 1.807) is 6.33 Å². The molecule has 1 aromatic carbocycles. The number of hydrogen-bond donors (Lipinski definition) is 2. The minimum absolute atomic E-state index is 0.774. The summed E-state index contributed by atoms with van der Waals surface area (Å²) in [5.41, 5.74) is 2.12. The molecule has 21 heavy (non-hydrogen) atoms. The molecule has 108 valence electrons. The van der Waals surface area contributed by atoms with Crippen LogP contribution >= 0.6 is 0 Å². The fraction of sp³-hybridized carbons (Fsp3) is 0.267. The van der Waals surface area contributed by atoms with Crippen LogP contribution in [0, 0.1) is 0 Å². The Morgan fingerprint density at radius 2 is 2.05 bits per heavy atom. The fourth-order valence-electron chi connectivity index (χ4n) is 2.13. The van der Waals surface area contributed by atoms with Crippen molar-refractivity contribution in [1.29, 1.82) is 0 Å². The van der Waals surface area contributed by atoms with Crippen LogP contribution in [0.4, 0.5) is 0 Å². The van der Waals surface area contributed by atoms with Crippen molar-refractivity contribution in [2.45, 2.75) is 19.4 Å². The summed E-state index contributed by atoms with van der Waals surface area (Å²) in [4.78, 5) is 4.10. The van der Waals surface area contributed by atoms with Crippen LogP contribution in [0.5, 0.6) is 0 Å². The predicted octanol–water partition coefficient (Wildman–Crippen LogP) is 1.71. The molecule has 0 saturated heterocycles. The van der Waals surface area contributed by atoms with Gasteiger partial charge in [0.2, 0.25) is 0 Å². The quantitative estimate of drug-likeness (QED) is 0.647. The number of hydrogen-bond acceptors (Lipinski definition) is 4. The van der Waals surface area contributed by atoms with Gasteiger partial charge in [-0.3, -0.25) is 5.10 Å². The zero-order valence-electron chi connectivity index (χ0n) is 11.7. The highest BCUT2D eigenvalue weighted by molar-refractivity contribution is 5.30. The van der Waals surface area contributed by atoms with E-state index in [0.717, 1.165) is 43.1 Å². The monoisotopic (exact) mass is 282 g/mol. The van der Waals surface area contributed by atoms with Gasteiger partial charge in [0.1, 0.15) is 12.2 Å². The minimum atomic E-state index is 0.774. The normalized spacial score (nSPS) is 10.9. The van der Waals surface area contributed by atoms with Gasteiger partial charge in [-0.1, -0.05) is 18.2 Å². The Hall–Kier alpha value is -2.47. The standard InChI is InChI=1S/C15H18N6/c1-2-5-14(6-3-1)21-10-8-13(20-21)11-16-9-4-7-15-17-12-18-19-15/h1-3,5-6,8,10,12,16H,4,7,9,11H2,(H,17,18,19). The van der Waals surface area contributed by atoms with Gasteiger partial charge >= 0.3 is 0 Å². The van der Waals surface area contributed by atoms with Crippen LogP contribution in [-0.4, -0.2) is 31.5 Å². The van der Waals surface area contributed by atoms with E-state index in [4.69, 9.17) is 0 Å². The summed E-state index contributed by atoms with van der Waals surface area (Å²) in [5.74, 6) is 0.935. The van der Waals surface area contributed by atoms with E-state index in [0.29, 0.717) is 0 Å². The number of para-hydroxylation sites is 1. The third kappa shape index (κ3) is 3.76. The Balaban J connectivity index is 1.43. The van der Waals surface area contributed by atoms with Crippen LogP contribution < -0.4 is 5.32 Å². The molecule has 6 heteroatoms. The summed E-state index contributed by atoms with van der Waals surface area (Å²) in [6.45, 7) is 1.70. The molecule has 0 radical (unpaired) electrons. The summed E-state index contributed by atoms with van der Waals surface area (Å²) in [6, 6.07) is 12.2. The second-order valence-corrected chi connectivity index (χ2v) is 4.80. The van der Waals surface area contributed by atoms with Crippen molar-refractivity contribution < 1.29 is 0 Å². The molecule has 3 rings (SSSR count). The zero-order chi connectivity index (χ0) is 14.3. The van der Waals surface area contributed by atoms with Crippen molar-refractivity contribution in [1.82, 2.24) is 30.3 Å². The lowest BCUT2D eigenvalue weighted by Gasteiger charge is -2.02. The van der Waals surface area contributed by atoms with Crippen molar-refractivity contribution in [2.75, 3.05) is 6.54 Å². The molecule has 0 unspecified atom stereocenters. The molecule has 0 aliphatic heterocycles. The average Bonchev–Trinajstić information content (AvgIpc) is 3.19. The molecule has 0 bridgehead atoms. The molecule has 2 N–H and O–H groups in total. The van der Waals surface area contributed by atoms with Crippen molar-refractivity contribution in [3.8, 4) is 5.69 Å². The van der Waals surface area contributed by atoms with Gasteiger partial charge in [-0.2, -0.15) is 10.2 Å². The van der Waals surface area contributed by atoms with Crippen LogP contribution in [0.1, 0.15) is 17.9 Å². The summed E-state index contributed by atoms with van der Waals surface area (Å²) in [6.07, 6.45) is 5.46. The molecule has 0 atom stereocenters. The van der Waals surface area contributed by atoms with E-state index < -0.39 is 0 Å². The number of benzene rings is 1. The second-order valence-electron chi connectivity index (χ2n) is 4.80. The van der Waals surface area contributed by atoms with Crippen molar-refractivity contribution in [2.24, 2.45) is 0 Å². The summed E-state index contributed by atoms with van der Waals surface area (Å²) in [5, 5.41) is 14.6. The molecule has 6 nitrogen and oxygen atoms in total. The third-order valence-corrected chi connectivity index (χ3v) is 3.20. The van der Waals surface area contributed by atoms with Gasteiger partial charge in [0.25, 0.3) is 0 Å². The fourth-order valence-corrected chi connectivity index (χ4v) is 2.13. The minimum Gasteiger partial charge on any atom is -0.311 e. The maximum absolute atomic E-state index is 4.55. The maximum atomic E-state index is 4.55. The summed E-state index contributed by atoms with van der Waals surface area (Å²) >= 11 is 0. The van der Waals surface area contributed by atoms with Gasteiger partial charge in [0, 0.05) is 19.2 Å². The molecular formula is C15H18N6. The Kier molecular flexibility index (Phi) is 4.38. The highest BCUT2D eigenvalue weighted by Gasteiger charge is 2.01. The number of nitrogens with zero attached hydrogens (tertiary/aromatic N) is 4. The van der Waals surface area contributed by atoms with E-state index in [2.05, 4.69) is 25.6 Å². The molecule has 0 aliphatic carbocycles. The first-order valence-electron chi connectivity index (χ1n) is 7.07. The SMILES string of the molecule is c1ccc(-n2ccc(CNCCCc3ncn[nH]3)n2)cc1. The number of H-pyrrole nitrogens is 1. The molecule has 0 amide bonds. The van der Waals surface area contributed by atoms with Gasteiger partial charge in [0.05, 0.1) is 11.4 Å². The highest BCUT2D eigenvalue weighted by Crippen LogP contribution is 2.06. The van der Waals surface area contributed by atoms with Gasteiger partial charge < -0.3 is 5.32 Å². The number of nitrogens with one attached hydrogen (secondary N) is 2. The first kappa shape index (κ1) is 13.5. The van der Waals surface area contributed by atoms with Crippen LogP contribution in [0.15, 0.2) is 48.9 Å². The first-order chi connectivity index (χ1) is 10.4. The smallest absolute Gasteiger partial charge is 0.137 e. The van der Waals surface area contributed by atoms with E-state index >= 15 is 0 Å². The molecule has 2 heterocycles. The van der Waals surface area contributed by atoms with Gasteiger partial charge in [-0.15, -0.1) is 0 Å². The molecule has 0 fully saturated rings. The number of rotatable bonds is 7. The Labute approximate surface area is 123 Å². The lowest BCUT2D eigenvalue weighted by atomic mass is 10.3. The van der Waals surface area contributed by atoms with Crippen LogP contribution in [0.3, 0.4) is 0 Å². The Morgan fingerprint density at radius 1 is 1.14 bits per heavy atom. The van der Waals surface area contributed by atoms with E-state index in [1.165, 1.54) is 0 Å². The third-order valence-electron chi connectivity index (χ3n) is 3.20.